The lowest BCUT2D eigenvalue weighted by Gasteiger charge is -2.14. The first-order valence-electron chi connectivity index (χ1n) is 19.7. The zero-order chi connectivity index (χ0) is 38.6. The summed E-state index contributed by atoms with van der Waals surface area (Å²) in [6.07, 6.45) is 0. The Balaban J connectivity index is 1.15. The predicted molar refractivity (Wildman–Crippen MR) is 237 cm³/mol. The molecule has 0 N–H and O–H groups in total. The second-order valence-corrected chi connectivity index (χ2v) is 15.7. The van der Waals surface area contributed by atoms with Crippen LogP contribution in [0.5, 0.6) is 0 Å². The van der Waals surface area contributed by atoms with E-state index >= 15 is 0 Å². The molecule has 0 aliphatic rings. The molecule has 0 saturated heterocycles. The quantitative estimate of drug-likeness (QED) is 0.168. The summed E-state index contributed by atoms with van der Waals surface area (Å²) < 4.78 is 9.81. The highest BCUT2D eigenvalue weighted by molar-refractivity contribution is 6.11. The fraction of sp³-hybridized carbons (Fsp3) is 0.154. The summed E-state index contributed by atoms with van der Waals surface area (Å²) in [5, 5.41) is 5.24. The molecule has 0 radical (unpaired) electrons. The first kappa shape index (κ1) is 34.0. The van der Waals surface area contributed by atoms with Gasteiger partial charge in [-0.05, 0) is 149 Å². The summed E-state index contributed by atoms with van der Waals surface area (Å²) in [5.74, 6) is 0. The molecule has 0 amide bonds. The monoisotopic (exact) mass is 726 g/mol. The van der Waals surface area contributed by atoms with Crippen LogP contribution in [0.25, 0.3) is 77.5 Å². The van der Waals surface area contributed by atoms with E-state index in [1.54, 1.807) is 0 Å². The van der Waals surface area contributed by atoms with Crippen LogP contribution in [0.1, 0.15) is 45.0 Å². The SMILES string of the molecule is Cc1c(C)n(-c2cccc(-c3cccc(-n4c(C)c(C)c5ccc6c(c(C)c(C)n6-c6ccccc6)c54)c3)c2)c2c1ccc1c2c(C)c(C)n1-c1ccccc1. The fourth-order valence-corrected chi connectivity index (χ4v) is 9.58. The third-order valence-electron chi connectivity index (χ3n) is 12.9. The van der Waals surface area contributed by atoms with Crippen LogP contribution >= 0.6 is 0 Å². The molecule has 6 aromatic carbocycles. The second kappa shape index (κ2) is 12.5. The molecule has 0 saturated carbocycles. The second-order valence-electron chi connectivity index (χ2n) is 15.7. The molecular weight excluding hydrogens is 681 g/mol. The van der Waals surface area contributed by atoms with Crippen molar-refractivity contribution < 1.29 is 0 Å². The smallest absolute Gasteiger partial charge is 0.0630 e. The molecular formula is C52H46N4. The Morgan fingerprint density at radius 2 is 0.661 bits per heavy atom. The Hall–Kier alpha value is -6.52. The van der Waals surface area contributed by atoms with E-state index in [2.05, 4.69) is 207 Å². The van der Waals surface area contributed by atoms with Gasteiger partial charge in [-0.25, -0.2) is 0 Å². The maximum Gasteiger partial charge on any atom is 0.0630 e. The van der Waals surface area contributed by atoms with E-state index in [0.717, 1.165) is 0 Å². The summed E-state index contributed by atoms with van der Waals surface area (Å²) >= 11 is 0. The molecule has 10 aromatic rings. The van der Waals surface area contributed by atoms with Gasteiger partial charge in [0.1, 0.15) is 0 Å². The number of aromatic nitrogens is 4. The lowest BCUT2D eigenvalue weighted by atomic mass is 10.0. The van der Waals surface area contributed by atoms with Crippen molar-refractivity contribution in [3.8, 4) is 33.9 Å². The average molecular weight is 727 g/mol. The molecule has 4 aromatic heterocycles. The zero-order valence-corrected chi connectivity index (χ0v) is 33.5. The number of hydrogen-bond donors (Lipinski definition) is 0. The Morgan fingerprint density at radius 1 is 0.304 bits per heavy atom. The molecule has 56 heavy (non-hydrogen) atoms. The molecule has 0 aliphatic carbocycles. The Bertz CT molecular complexity index is 2980. The molecule has 0 fully saturated rings. The summed E-state index contributed by atoms with van der Waals surface area (Å²) in [5.41, 5.74) is 22.5. The van der Waals surface area contributed by atoms with E-state index in [1.807, 2.05) is 0 Å². The molecule has 0 spiro atoms. The Kier molecular flexibility index (Phi) is 7.59. The first-order chi connectivity index (χ1) is 27.2. The minimum Gasteiger partial charge on any atom is -0.314 e. The standard InChI is InChI=1S/C52H46N4/c1-31-35(5)55(51-45(31)25-27-47-49(51)33(3)37(7)53(47)41-19-11-9-12-20-41)43-23-15-17-39(29-43)40-18-16-24-44(30-40)56-36(6)32(2)46-26-28-48-50(52(46)56)34(4)38(8)54(48)42-21-13-10-14-22-42/h9-30H,1-8H3. The Labute approximate surface area is 328 Å². The number of benzene rings is 6. The predicted octanol–water partition coefficient (Wildman–Crippen LogP) is 13.6. The van der Waals surface area contributed by atoms with Crippen LogP contribution in [0, 0.1) is 55.4 Å². The van der Waals surface area contributed by atoms with Crippen molar-refractivity contribution in [3.63, 3.8) is 0 Å². The van der Waals surface area contributed by atoms with E-state index in [9.17, 15) is 0 Å². The number of fused-ring (bicyclic) bond motifs is 6. The summed E-state index contributed by atoms with van der Waals surface area (Å²) in [6, 6.07) is 49.0. The van der Waals surface area contributed by atoms with Gasteiger partial charge < -0.3 is 18.3 Å². The maximum absolute atomic E-state index is 2.49. The van der Waals surface area contributed by atoms with Crippen LogP contribution in [0.3, 0.4) is 0 Å². The van der Waals surface area contributed by atoms with Crippen LogP contribution in [0.4, 0.5) is 0 Å². The number of aryl methyl sites for hydroxylation is 4. The van der Waals surface area contributed by atoms with Crippen molar-refractivity contribution in [1.82, 2.24) is 18.3 Å². The van der Waals surface area contributed by atoms with Crippen LogP contribution < -0.4 is 0 Å². The molecule has 0 atom stereocenters. The third-order valence-corrected chi connectivity index (χ3v) is 12.9. The van der Waals surface area contributed by atoms with E-state index in [4.69, 9.17) is 0 Å². The lowest BCUT2D eigenvalue weighted by molar-refractivity contribution is 1.04. The van der Waals surface area contributed by atoms with Gasteiger partial charge in [-0.3, -0.25) is 0 Å². The van der Waals surface area contributed by atoms with Crippen molar-refractivity contribution in [2.75, 3.05) is 0 Å². The van der Waals surface area contributed by atoms with Crippen LogP contribution in [0.2, 0.25) is 0 Å². The van der Waals surface area contributed by atoms with Gasteiger partial charge >= 0.3 is 0 Å². The van der Waals surface area contributed by atoms with Gasteiger partial charge in [0.05, 0.1) is 22.1 Å². The normalized spacial score (nSPS) is 11.9. The topological polar surface area (TPSA) is 19.7 Å². The van der Waals surface area contributed by atoms with E-state index in [-0.39, 0.29) is 0 Å². The van der Waals surface area contributed by atoms with Crippen LogP contribution in [-0.2, 0) is 0 Å². The Morgan fingerprint density at radius 3 is 1.05 bits per heavy atom. The molecule has 4 nitrogen and oxygen atoms in total. The highest BCUT2D eigenvalue weighted by Gasteiger charge is 2.23. The maximum atomic E-state index is 2.49. The van der Waals surface area contributed by atoms with Gasteiger partial charge in [0, 0.05) is 67.1 Å². The number of hydrogen-bond acceptors (Lipinski definition) is 0. The van der Waals surface area contributed by atoms with Crippen LogP contribution in [0.15, 0.2) is 133 Å². The fourth-order valence-electron chi connectivity index (χ4n) is 9.58. The van der Waals surface area contributed by atoms with Crippen molar-refractivity contribution in [3.05, 3.63) is 178 Å². The van der Waals surface area contributed by atoms with Crippen molar-refractivity contribution in [1.29, 1.82) is 0 Å². The zero-order valence-electron chi connectivity index (χ0n) is 33.5. The van der Waals surface area contributed by atoms with Crippen molar-refractivity contribution in [2.45, 2.75) is 55.4 Å². The van der Waals surface area contributed by atoms with Gasteiger partial charge in [0.15, 0.2) is 0 Å². The largest absolute Gasteiger partial charge is 0.314 e. The molecule has 4 heteroatoms. The minimum absolute atomic E-state index is 1.18. The summed E-state index contributed by atoms with van der Waals surface area (Å²) in [4.78, 5) is 0. The highest BCUT2D eigenvalue weighted by atomic mass is 15.0. The van der Waals surface area contributed by atoms with Crippen LogP contribution in [-0.4, -0.2) is 18.3 Å². The summed E-state index contributed by atoms with van der Waals surface area (Å²) in [6.45, 7) is 18.1. The van der Waals surface area contributed by atoms with E-state index in [1.165, 1.54) is 123 Å². The van der Waals surface area contributed by atoms with Crippen molar-refractivity contribution >= 4 is 43.6 Å². The lowest BCUT2D eigenvalue weighted by Crippen LogP contribution is -1.99. The molecule has 4 heterocycles. The van der Waals surface area contributed by atoms with Gasteiger partial charge in [-0.2, -0.15) is 0 Å². The van der Waals surface area contributed by atoms with Gasteiger partial charge in [0.25, 0.3) is 0 Å². The molecule has 0 bridgehead atoms. The number of rotatable bonds is 5. The average Bonchev–Trinajstić information content (AvgIpc) is 3.84. The van der Waals surface area contributed by atoms with Gasteiger partial charge in [0.2, 0.25) is 0 Å². The van der Waals surface area contributed by atoms with Crippen molar-refractivity contribution in [2.24, 2.45) is 0 Å². The molecule has 0 aliphatic heterocycles. The number of para-hydroxylation sites is 2. The number of nitrogens with zero attached hydrogens (tertiary/aromatic N) is 4. The molecule has 274 valence electrons. The van der Waals surface area contributed by atoms with E-state index < -0.39 is 0 Å². The molecule has 0 unspecified atom stereocenters. The van der Waals surface area contributed by atoms with Gasteiger partial charge in [-0.1, -0.05) is 72.8 Å². The van der Waals surface area contributed by atoms with Gasteiger partial charge in [-0.15, -0.1) is 0 Å². The minimum atomic E-state index is 1.18. The highest BCUT2D eigenvalue weighted by Crippen LogP contribution is 2.42. The third kappa shape index (κ3) is 4.72. The first-order valence-corrected chi connectivity index (χ1v) is 19.7. The van der Waals surface area contributed by atoms with E-state index in [0.29, 0.717) is 0 Å². The molecule has 10 rings (SSSR count). The summed E-state index contributed by atoms with van der Waals surface area (Å²) in [7, 11) is 0.